The van der Waals surface area contributed by atoms with Crippen molar-refractivity contribution in [1.82, 2.24) is 14.9 Å². The minimum absolute atomic E-state index is 0. The molecule has 1 aliphatic heterocycles. The Hall–Kier alpha value is -1.01. The summed E-state index contributed by atoms with van der Waals surface area (Å²) in [6, 6.07) is 4.34. The first-order valence-electron chi connectivity index (χ1n) is 10.0. The third-order valence-electron chi connectivity index (χ3n) is 5.99. The fourth-order valence-electron chi connectivity index (χ4n) is 4.03. The van der Waals surface area contributed by atoms with E-state index in [9.17, 15) is 0 Å². The quantitative estimate of drug-likeness (QED) is 0.586. The van der Waals surface area contributed by atoms with Crippen LogP contribution >= 0.6 is 23.7 Å². The van der Waals surface area contributed by atoms with Gasteiger partial charge < -0.3 is 4.74 Å². The number of halogens is 1. The number of aromatic nitrogens is 2. The monoisotopic (exact) mass is 423 g/mol. The van der Waals surface area contributed by atoms with Crippen LogP contribution in [-0.2, 0) is 16.7 Å². The number of aryl methyl sites for hydroxylation is 3. The second-order valence-corrected chi connectivity index (χ2v) is 9.38. The molecule has 0 amide bonds. The standard InChI is InChI=1S/C22H33N3OS.ClH/c1-6-26-16-22(10-9-20-24-18(3)14-27-20)11-12-25(15-22)21(4,5)19-8-7-17(2)23-13-19;/h7-8,13-14H,6,9-12,15-16H2,1-5H3;1H/t22-;/m1./s1. The van der Waals surface area contributed by atoms with Crippen molar-refractivity contribution in [2.45, 2.75) is 59.4 Å². The Labute approximate surface area is 180 Å². The molecule has 0 radical (unpaired) electrons. The Morgan fingerprint density at radius 3 is 2.64 bits per heavy atom. The van der Waals surface area contributed by atoms with Crippen LogP contribution in [0.3, 0.4) is 0 Å². The summed E-state index contributed by atoms with van der Waals surface area (Å²) >= 11 is 1.79. The van der Waals surface area contributed by atoms with Gasteiger partial charge in [-0.15, -0.1) is 23.7 Å². The van der Waals surface area contributed by atoms with Gasteiger partial charge in [0.2, 0.25) is 0 Å². The van der Waals surface area contributed by atoms with E-state index in [2.05, 4.69) is 60.1 Å². The van der Waals surface area contributed by atoms with E-state index in [1.165, 1.54) is 17.0 Å². The molecule has 156 valence electrons. The van der Waals surface area contributed by atoms with Gasteiger partial charge in [-0.1, -0.05) is 6.07 Å². The predicted octanol–water partition coefficient (Wildman–Crippen LogP) is 5.17. The number of ether oxygens (including phenoxy) is 1. The Bertz CT molecular complexity index is 746. The smallest absolute Gasteiger partial charge is 0.0928 e. The summed E-state index contributed by atoms with van der Waals surface area (Å²) in [5.41, 5.74) is 3.68. The van der Waals surface area contributed by atoms with Crippen molar-refractivity contribution in [3.05, 3.63) is 45.7 Å². The zero-order valence-electron chi connectivity index (χ0n) is 17.8. The second-order valence-electron chi connectivity index (χ2n) is 8.44. The number of hydrogen-bond acceptors (Lipinski definition) is 5. The van der Waals surface area contributed by atoms with Crippen LogP contribution in [0.2, 0.25) is 0 Å². The average Bonchev–Trinajstić information content (AvgIpc) is 3.26. The van der Waals surface area contributed by atoms with Crippen molar-refractivity contribution in [1.29, 1.82) is 0 Å². The highest BCUT2D eigenvalue weighted by molar-refractivity contribution is 7.09. The van der Waals surface area contributed by atoms with Gasteiger partial charge in [-0.2, -0.15) is 0 Å². The first kappa shape index (κ1) is 23.3. The molecule has 0 aliphatic carbocycles. The van der Waals surface area contributed by atoms with Crippen LogP contribution in [0.5, 0.6) is 0 Å². The van der Waals surface area contributed by atoms with Crippen LogP contribution in [0.15, 0.2) is 23.7 Å². The molecule has 4 nitrogen and oxygen atoms in total. The lowest BCUT2D eigenvalue weighted by atomic mass is 9.83. The molecule has 2 aromatic rings. The number of pyridine rings is 1. The molecule has 1 fully saturated rings. The molecule has 1 saturated heterocycles. The lowest BCUT2D eigenvalue weighted by Gasteiger charge is -2.38. The SMILES string of the molecule is CCOC[C@]1(CCc2nc(C)cs2)CCN(C(C)(C)c2ccc(C)nc2)C1.Cl. The highest BCUT2D eigenvalue weighted by Crippen LogP contribution is 2.41. The molecule has 0 N–H and O–H groups in total. The van der Waals surface area contributed by atoms with E-state index in [1.54, 1.807) is 11.3 Å². The lowest BCUT2D eigenvalue weighted by Crippen LogP contribution is -2.42. The lowest BCUT2D eigenvalue weighted by molar-refractivity contribution is 0.0384. The predicted molar refractivity (Wildman–Crippen MR) is 120 cm³/mol. The Kier molecular flexibility index (Phi) is 8.03. The van der Waals surface area contributed by atoms with E-state index >= 15 is 0 Å². The molecule has 0 saturated carbocycles. The van der Waals surface area contributed by atoms with Crippen LogP contribution in [-0.4, -0.2) is 41.2 Å². The molecule has 0 spiro atoms. The van der Waals surface area contributed by atoms with Crippen molar-refractivity contribution in [2.24, 2.45) is 5.41 Å². The van der Waals surface area contributed by atoms with Gasteiger partial charge >= 0.3 is 0 Å². The van der Waals surface area contributed by atoms with Gasteiger partial charge in [-0.05, 0) is 72.1 Å². The molecule has 2 aromatic heterocycles. The van der Waals surface area contributed by atoms with Gasteiger partial charge in [0, 0.05) is 47.1 Å². The van der Waals surface area contributed by atoms with E-state index < -0.39 is 0 Å². The zero-order valence-corrected chi connectivity index (χ0v) is 19.5. The number of rotatable bonds is 8. The number of hydrogen-bond donors (Lipinski definition) is 0. The van der Waals surface area contributed by atoms with E-state index in [0.717, 1.165) is 50.5 Å². The minimum atomic E-state index is -0.0214. The molecule has 0 unspecified atom stereocenters. The molecule has 6 heteroatoms. The van der Waals surface area contributed by atoms with Crippen molar-refractivity contribution >= 4 is 23.7 Å². The van der Waals surface area contributed by atoms with Crippen LogP contribution in [0, 0.1) is 19.3 Å². The van der Waals surface area contributed by atoms with Crippen molar-refractivity contribution < 1.29 is 4.74 Å². The fourth-order valence-corrected chi connectivity index (χ4v) is 4.80. The average molecular weight is 424 g/mol. The van der Waals surface area contributed by atoms with Gasteiger partial charge in [0.15, 0.2) is 0 Å². The Balaban J connectivity index is 0.00000280. The molecule has 1 atom stereocenters. The molecular formula is C22H34ClN3OS. The van der Waals surface area contributed by atoms with Crippen molar-refractivity contribution in [3.63, 3.8) is 0 Å². The summed E-state index contributed by atoms with van der Waals surface area (Å²) in [6.45, 7) is 14.6. The third kappa shape index (κ3) is 5.32. The highest BCUT2D eigenvalue weighted by Gasteiger charge is 2.43. The van der Waals surface area contributed by atoms with Gasteiger partial charge in [-0.25, -0.2) is 4.98 Å². The molecule has 0 aromatic carbocycles. The summed E-state index contributed by atoms with van der Waals surface area (Å²) in [5.74, 6) is 0. The van der Waals surface area contributed by atoms with Gasteiger partial charge in [0.25, 0.3) is 0 Å². The van der Waals surface area contributed by atoms with Gasteiger partial charge in [0.05, 0.1) is 11.6 Å². The van der Waals surface area contributed by atoms with Crippen LogP contribution < -0.4 is 0 Å². The molecule has 3 rings (SSSR count). The fraction of sp³-hybridized carbons (Fsp3) is 0.636. The molecule has 0 bridgehead atoms. The number of thiazole rings is 1. The summed E-state index contributed by atoms with van der Waals surface area (Å²) in [6.07, 6.45) is 5.40. The first-order valence-corrected chi connectivity index (χ1v) is 10.9. The molecular weight excluding hydrogens is 390 g/mol. The Morgan fingerprint density at radius 1 is 1.25 bits per heavy atom. The van der Waals surface area contributed by atoms with E-state index in [0.29, 0.717) is 0 Å². The maximum Gasteiger partial charge on any atom is 0.0928 e. The summed E-state index contributed by atoms with van der Waals surface area (Å²) in [7, 11) is 0. The zero-order chi connectivity index (χ0) is 19.5. The number of likely N-dealkylation sites (tertiary alicyclic amines) is 1. The van der Waals surface area contributed by atoms with Crippen LogP contribution in [0.25, 0.3) is 0 Å². The molecule has 28 heavy (non-hydrogen) atoms. The Morgan fingerprint density at radius 2 is 2.04 bits per heavy atom. The normalized spacial score (nSPS) is 20.3. The third-order valence-corrected chi connectivity index (χ3v) is 7.02. The number of nitrogens with zero attached hydrogens (tertiary/aromatic N) is 3. The summed E-state index contributed by atoms with van der Waals surface area (Å²) in [5, 5.41) is 3.41. The van der Waals surface area contributed by atoms with Gasteiger partial charge in [-0.3, -0.25) is 9.88 Å². The van der Waals surface area contributed by atoms with Crippen LogP contribution in [0.4, 0.5) is 0 Å². The largest absolute Gasteiger partial charge is 0.381 e. The van der Waals surface area contributed by atoms with E-state index in [4.69, 9.17) is 4.74 Å². The minimum Gasteiger partial charge on any atom is -0.381 e. The van der Waals surface area contributed by atoms with Crippen LogP contribution in [0.1, 0.15) is 55.6 Å². The maximum atomic E-state index is 5.94. The highest BCUT2D eigenvalue weighted by atomic mass is 35.5. The van der Waals surface area contributed by atoms with Crippen molar-refractivity contribution in [2.75, 3.05) is 26.3 Å². The van der Waals surface area contributed by atoms with E-state index in [-0.39, 0.29) is 23.4 Å². The molecule has 3 heterocycles. The topological polar surface area (TPSA) is 38.2 Å². The summed E-state index contributed by atoms with van der Waals surface area (Å²) in [4.78, 5) is 11.8. The van der Waals surface area contributed by atoms with Gasteiger partial charge in [0.1, 0.15) is 0 Å². The first-order chi connectivity index (χ1) is 12.8. The van der Waals surface area contributed by atoms with Crippen molar-refractivity contribution in [3.8, 4) is 0 Å². The second kappa shape index (κ2) is 9.66. The maximum absolute atomic E-state index is 5.94. The molecule has 1 aliphatic rings. The van der Waals surface area contributed by atoms with E-state index in [1.807, 2.05) is 13.1 Å². The summed E-state index contributed by atoms with van der Waals surface area (Å²) < 4.78 is 5.94.